The van der Waals surface area contributed by atoms with E-state index >= 15 is 0 Å². The van der Waals surface area contributed by atoms with E-state index in [4.69, 9.17) is 12.2 Å². The van der Waals surface area contributed by atoms with Crippen molar-refractivity contribution in [3.8, 4) is 0 Å². The summed E-state index contributed by atoms with van der Waals surface area (Å²) >= 11 is 5.50. The van der Waals surface area contributed by atoms with Crippen LogP contribution in [0.2, 0.25) is 0 Å². The predicted octanol–water partition coefficient (Wildman–Crippen LogP) is 2.78. The maximum absolute atomic E-state index is 13.0. The molecule has 5 nitrogen and oxygen atoms in total. The monoisotopic (exact) mass is 343 g/mol. The predicted molar refractivity (Wildman–Crippen MR) is 94.2 cm³/mol. The molecule has 0 N–H and O–H groups in total. The van der Waals surface area contributed by atoms with E-state index in [-0.39, 0.29) is 5.82 Å². The number of halogens is 1. The molecule has 1 saturated heterocycles. The number of hydrogen-bond acceptors (Lipinski definition) is 4. The van der Waals surface area contributed by atoms with Gasteiger partial charge in [0.1, 0.15) is 5.82 Å². The van der Waals surface area contributed by atoms with Gasteiger partial charge in [-0.2, -0.15) is 5.10 Å². The fraction of sp³-hybridized carbons (Fsp3) is 0.294. The van der Waals surface area contributed by atoms with Crippen molar-refractivity contribution in [1.29, 1.82) is 0 Å². The van der Waals surface area contributed by atoms with Gasteiger partial charge in [-0.1, -0.05) is 6.07 Å². The average Bonchev–Trinajstić information content (AvgIpc) is 2.93. The number of nitrogens with zero attached hydrogens (tertiary/aromatic N) is 5. The van der Waals surface area contributed by atoms with Crippen molar-refractivity contribution >= 4 is 23.6 Å². The molecule has 0 unspecified atom stereocenters. The molecule has 124 valence electrons. The molecule has 4 rings (SSSR count). The minimum absolute atomic E-state index is 0.196. The van der Waals surface area contributed by atoms with Gasteiger partial charge < -0.3 is 4.90 Å². The summed E-state index contributed by atoms with van der Waals surface area (Å²) in [5.41, 5.74) is 1.94. The average molecular weight is 343 g/mol. The van der Waals surface area contributed by atoms with Gasteiger partial charge in [0.15, 0.2) is 5.65 Å². The Morgan fingerprint density at radius 2 is 1.75 bits per heavy atom. The lowest BCUT2D eigenvalue weighted by atomic mass is 10.2. The van der Waals surface area contributed by atoms with Crippen molar-refractivity contribution in [2.24, 2.45) is 0 Å². The molecule has 3 aromatic rings. The molecule has 0 radical (unpaired) electrons. The van der Waals surface area contributed by atoms with Crippen LogP contribution < -0.4 is 4.90 Å². The lowest BCUT2D eigenvalue weighted by Gasteiger charge is -2.35. The second-order valence-electron chi connectivity index (χ2n) is 5.93. The maximum atomic E-state index is 13.0. The largest absolute Gasteiger partial charge is 0.369 e. The SMILES string of the molecule is Fc1ccc(N2CCN(Cn3nc4ccccn4c3=S)CC2)cc1. The third-order valence-electron chi connectivity index (χ3n) is 4.39. The summed E-state index contributed by atoms with van der Waals surface area (Å²) in [7, 11) is 0. The summed E-state index contributed by atoms with van der Waals surface area (Å²) < 4.78 is 17.5. The Morgan fingerprint density at radius 1 is 1.00 bits per heavy atom. The van der Waals surface area contributed by atoms with Crippen molar-refractivity contribution < 1.29 is 4.39 Å². The van der Waals surface area contributed by atoms with Crippen LogP contribution in [0, 0.1) is 10.6 Å². The van der Waals surface area contributed by atoms with E-state index in [1.54, 1.807) is 0 Å². The molecule has 0 atom stereocenters. The number of hydrogen-bond donors (Lipinski definition) is 0. The van der Waals surface area contributed by atoms with Gasteiger partial charge in [0.05, 0.1) is 6.67 Å². The molecule has 1 aromatic carbocycles. The smallest absolute Gasteiger partial charge is 0.203 e. The molecule has 0 saturated carbocycles. The first-order valence-electron chi connectivity index (χ1n) is 7.98. The third-order valence-corrected chi connectivity index (χ3v) is 4.79. The van der Waals surface area contributed by atoms with Gasteiger partial charge in [-0.3, -0.25) is 9.30 Å². The first-order valence-corrected chi connectivity index (χ1v) is 8.38. The molecule has 1 aliphatic heterocycles. The van der Waals surface area contributed by atoms with Gasteiger partial charge in [0.2, 0.25) is 4.77 Å². The highest BCUT2D eigenvalue weighted by Gasteiger charge is 2.18. The van der Waals surface area contributed by atoms with Crippen LogP contribution in [0.3, 0.4) is 0 Å². The minimum Gasteiger partial charge on any atom is -0.369 e. The number of piperazine rings is 1. The van der Waals surface area contributed by atoms with Gasteiger partial charge in [-0.05, 0) is 48.6 Å². The van der Waals surface area contributed by atoms with Crippen molar-refractivity contribution in [3.05, 3.63) is 59.2 Å². The van der Waals surface area contributed by atoms with E-state index < -0.39 is 0 Å². The first-order chi connectivity index (χ1) is 11.7. The molecule has 0 amide bonds. The molecule has 1 aliphatic rings. The summed E-state index contributed by atoms with van der Waals surface area (Å²) in [6, 6.07) is 12.6. The fourth-order valence-corrected chi connectivity index (χ4v) is 3.30. The highest BCUT2D eigenvalue weighted by Crippen LogP contribution is 2.17. The van der Waals surface area contributed by atoms with Crippen LogP contribution in [0.5, 0.6) is 0 Å². The molecule has 1 fully saturated rings. The Bertz CT molecular complexity index is 893. The van der Waals surface area contributed by atoms with Gasteiger partial charge >= 0.3 is 0 Å². The van der Waals surface area contributed by atoms with Gasteiger partial charge in [0.25, 0.3) is 0 Å². The Balaban J connectivity index is 1.43. The number of rotatable bonds is 3. The maximum Gasteiger partial charge on any atom is 0.203 e. The molecule has 3 heterocycles. The van der Waals surface area contributed by atoms with Gasteiger partial charge in [-0.25, -0.2) is 9.07 Å². The summed E-state index contributed by atoms with van der Waals surface area (Å²) in [5.74, 6) is -0.196. The third kappa shape index (κ3) is 2.92. The van der Waals surface area contributed by atoms with Gasteiger partial charge in [-0.15, -0.1) is 0 Å². The first kappa shape index (κ1) is 15.3. The Kier molecular flexibility index (Phi) is 4.03. The molecule has 0 aliphatic carbocycles. The Hall–Kier alpha value is -2.25. The van der Waals surface area contributed by atoms with E-state index in [9.17, 15) is 4.39 Å². The lowest BCUT2D eigenvalue weighted by molar-refractivity contribution is 0.195. The van der Waals surface area contributed by atoms with Crippen LogP contribution in [0.4, 0.5) is 10.1 Å². The van der Waals surface area contributed by atoms with E-state index in [0.29, 0.717) is 11.4 Å². The van der Waals surface area contributed by atoms with Crippen molar-refractivity contribution in [2.45, 2.75) is 6.67 Å². The van der Waals surface area contributed by atoms with E-state index in [0.717, 1.165) is 37.5 Å². The van der Waals surface area contributed by atoms with E-state index in [1.165, 1.54) is 12.1 Å². The number of pyridine rings is 1. The van der Waals surface area contributed by atoms with E-state index in [1.807, 2.05) is 45.6 Å². The van der Waals surface area contributed by atoms with Crippen LogP contribution in [0.25, 0.3) is 5.65 Å². The standard InChI is InChI=1S/C17H18FN5S/c18-14-4-6-15(7-5-14)21-11-9-20(10-12-21)13-23-17(24)22-8-2-1-3-16(22)19-23/h1-8H,9-13H2. The molecule has 24 heavy (non-hydrogen) atoms. The fourth-order valence-electron chi connectivity index (χ4n) is 3.05. The molecule has 0 spiro atoms. The van der Waals surface area contributed by atoms with E-state index in [2.05, 4.69) is 14.9 Å². The van der Waals surface area contributed by atoms with Crippen LogP contribution in [-0.4, -0.2) is 45.3 Å². The van der Waals surface area contributed by atoms with Crippen LogP contribution >= 0.6 is 12.2 Å². The molecule has 7 heteroatoms. The molecular formula is C17H18FN5S. The zero-order valence-electron chi connectivity index (χ0n) is 13.2. The topological polar surface area (TPSA) is 28.7 Å². The van der Waals surface area contributed by atoms with Crippen molar-refractivity contribution in [1.82, 2.24) is 19.1 Å². The quantitative estimate of drug-likeness (QED) is 0.684. The second kappa shape index (κ2) is 6.33. The summed E-state index contributed by atoms with van der Waals surface area (Å²) in [6.07, 6.45) is 1.94. The highest BCUT2D eigenvalue weighted by atomic mass is 32.1. The summed E-state index contributed by atoms with van der Waals surface area (Å²) in [6.45, 7) is 4.36. The minimum atomic E-state index is -0.196. The van der Waals surface area contributed by atoms with Gasteiger partial charge in [0, 0.05) is 38.1 Å². The van der Waals surface area contributed by atoms with Crippen LogP contribution in [-0.2, 0) is 6.67 Å². The Labute approximate surface area is 144 Å². The zero-order chi connectivity index (χ0) is 16.5. The highest BCUT2D eigenvalue weighted by molar-refractivity contribution is 7.71. The van der Waals surface area contributed by atoms with Crippen molar-refractivity contribution in [2.75, 3.05) is 31.1 Å². The summed E-state index contributed by atoms with van der Waals surface area (Å²) in [5, 5.41) is 4.57. The zero-order valence-corrected chi connectivity index (χ0v) is 14.0. The number of benzene rings is 1. The second-order valence-corrected chi connectivity index (χ2v) is 6.30. The number of aromatic nitrogens is 3. The lowest BCUT2D eigenvalue weighted by Crippen LogP contribution is -2.47. The number of anilines is 1. The van der Waals surface area contributed by atoms with Crippen LogP contribution in [0.15, 0.2) is 48.7 Å². The normalized spacial score (nSPS) is 16.0. The Morgan fingerprint density at radius 3 is 2.46 bits per heavy atom. The molecule has 2 aromatic heterocycles. The van der Waals surface area contributed by atoms with Crippen molar-refractivity contribution in [3.63, 3.8) is 0 Å². The number of fused-ring (bicyclic) bond motifs is 1. The molecular weight excluding hydrogens is 325 g/mol. The van der Waals surface area contributed by atoms with Crippen LogP contribution in [0.1, 0.15) is 0 Å². The molecule has 0 bridgehead atoms. The summed E-state index contributed by atoms with van der Waals surface area (Å²) in [4.78, 5) is 4.61.